The Bertz CT molecular complexity index is 2590. The molecule has 0 N–H and O–H groups in total. The molecule has 6 aromatic carbocycles. The van der Waals surface area contributed by atoms with Crippen molar-refractivity contribution in [3.05, 3.63) is 156 Å². The summed E-state index contributed by atoms with van der Waals surface area (Å²) in [6.07, 6.45) is 0. The molecule has 0 fully saturated rings. The molecule has 0 saturated carbocycles. The first-order valence-electron chi connectivity index (χ1n) is 16.1. The molecule has 5 heteroatoms. The maximum absolute atomic E-state index is 9.34. The molecule has 0 spiro atoms. The van der Waals surface area contributed by atoms with Gasteiger partial charge in [0, 0.05) is 38.6 Å². The highest BCUT2D eigenvalue weighted by Crippen LogP contribution is 2.51. The lowest BCUT2D eigenvalue weighted by atomic mass is 9.82. The van der Waals surface area contributed by atoms with Crippen LogP contribution in [-0.2, 0) is 5.41 Å². The minimum atomic E-state index is -0.107. The molecule has 0 saturated heterocycles. The third kappa shape index (κ3) is 4.27. The first kappa shape index (κ1) is 27.9. The zero-order chi connectivity index (χ0) is 32.4. The number of nitriles is 1. The van der Waals surface area contributed by atoms with Gasteiger partial charge in [-0.2, -0.15) is 5.26 Å². The van der Waals surface area contributed by atoms with E-state index in [1.807, 2.05) is 42.5 Å². The fourth-order valence-corrected chi connectivity index (χ4v) is 7.27. The minimum absolute atomic E-state index is 0.107. The molecule has 1 aliphatic carbocycles. The summed E-state index contributed by atoms with van der Waals surface area (Å²) in [4.78, 5) is 14.8. The highest BCUT2D eigenvalue weighted by molar-refractivity contribution is 6.11. The van der Waals surface area contributed by atoms with Crippen molar-refractivity contribution in [3.8, 4) is 57.0 Å². The topological polar surface area (TPSA) is 67.4 Å². The lowest BCUT2D eigenvalue weighted by Crippen LogP contribution is -2.14. The zero-order valence-electron chi connectivity index (χ0n) is 26.5. The Labute approximate surface area is 278 Å². The summed E-state index contributed by atoms with van der Waals surface area (Å²) in [5, 5.41) is 11.8. The molecule has 2 aromatic heterocycles. The van der Waals surface area contributed by atoms with E-state index < -0.39 is 0 Å². The molecule has 0 aliphatic heterocycles. The monoisotopic (exact) mass is 615 g/mol. The van der Waals surface area contributed by atoms with Crippen LogP contribution >= 0.6 is 0 Å². The van der Waals surface area contributed by atoms with Crippen molar-refractivity contribution in [3.63, 3.8) is 0 Å². The van der Waals surface area contributed by atoms with E-state index in [0.717, 1.165) is 27.9 Å². The Balaban J connectivity index is 1.25. The van der Waals surface area contributed by atoms with Gasteiger partial charge >= 0.3 is 0 Å². The number of aromatic nitrogens is 4. The van der Waals surface area contributed by atoms with Gasteiger partial charge in [0.1, 0.15) is 0 Å². The predicted octanol–water partition coefficient (Wildman–Crippen LogP) is 10.1. The van der Waals surface area contributed by atoms with Gasteiger partial charge in [-0.3, -0.25) is 0 Å². The Morgan fingerprint density at radius 2 is 1.17 bits per heavy atom. The van der Waals surface area contributed by atoms with Crippen molar-refractivity contribution in [1.29, 1.82) is 5.26 Å². The molecule has 5 nitrogen and oxygen atoms in total. The van der Waals surface area contributed by atoms with Crippen molar-refractivity contribution in [2.45, 2.75) is 19.3 Å². The molecular weight excluding hydrogens is 587 g/mol. The van der Waals surface area contributed by atoms with Crippen LogP contribution in [0.2, 0.25) is 0 Å². The summed E-state index contributed by atoms with van der Waals surface area (Å²) in [5.41, 5.74) is 11.8. The van der Waals surface area contributed by atoms with E-state index in [9.17, 15) is 5.26 Å². The fourth-order valence-electron chi connectivity index (χ4n) is 7.27. The maximum atomic E-state index is 9.34. The molecule has 0 unspecified atom stereocenters. The van der Waals surface area contributed by atoms with E-state index in [1.165, 1.54) is 38.5 Å². The average Bonchev–Trinajstić information content (AvgIpc) is 3.59. The van der Waals surface area contributed by atoms with Crippen LogP contribution in [0.4, 0.5) is 0 Å². The first-order chi connectivity index (χ1) is 23.5. The fraction of sp³-hybridized carbons (Fsp3) is 0.0698. The van der Waals surface area contributed by atoms with E-state index in [1.54, 1.807) is 12.1 Å². The number of benzene rings is 6. The molecule has 2 heterocycles. The van der Waals surface area contributed by atoms with Crippen molar-refractivity contribution >= 4 is 21.8 Å². The van der Waals surface area contributed by atoms with Gasteiger partial charge in [-0.15, -0.1) is 0 Å². The lowest BCUT2D eigenvalue weighted by Gasteiger charge is -2.21. The van der Waals surface area contributed by atoms with Crippen molar-refractivity contribution in [2.24, 2.45) is 0 Å². The summed E-state index contributed by atoms with van der Waals surface area (Å²) >= 11 is 0. The van der Waals surface area contributed by atoms with Gasteiger partial charge < -0.3 is 4.57 Å². The third-order valence-electron chi connectivity index (χ3n) is 9.68. The summed E-state index contributed by atoms with van der Waals surface area (Å²) in [7, 11) is 0. The van der Waals surface area contributed by atoms with Crippen LogP contribution in [0, 0.1) is 11.3 Å². The molecule has 0 atom stereocenters. The summed E-state index contributed by atoms with van der Waals surface area (Å²) < 4.78 is 2.37. The van der Waals surface area contributed by atoms with Crippen molar-refractivity contribution in [1.82, 2.24) is 19.5 Å². The summed E-state index contributed by atoms with van der Waals surface area (Å²) in [6.45, 7) is 4.65. The number of rotatable bonds is 4. The molecule has 0 radical (unpaired) electrons. The van der Waals surface area contributed by atoms with Gasteiger partial charge in [-0.25, -0.2) is 15.0 Å². The van der Waals surface area contributed by atoms with Gasteiger partial charge in [0.2, 0.25) is 0 Å². The van der Waals surface area contributed by atoms with Crippen LogP contribution in [-0.4, -0.2) is 19.5 Å². The van der Waals surface area contributed by atoms with E-state index >= 15 is 0 Å². The Kier molecular flexibility index (Phi) is 6.15. The molecule has 226 valence electrons. The Hall–Kier alpha value is -6.38. The maximum Gasteiger partial charge on any atom is 0.164 e. The van der Waals surface area contributed by atoms with Crippen LogP contribution in [0.25, 0.3) is 72.8 Å². The molecular formula is C43H29N5. The van der Waals surface area contributed by atoms with Crippen LogP contribution in [0.1, 0.15) is 30.5 Å². The molecule has 1 aliphatic rings. The van der Waals surface area contributed by atoms with E-state index in [2.05, 4.69) is 109 Å². The molecule has 0 bridgehead atoms. The van der Waals surface area contributed by atoms with Gasteiger partial charge in [0.25, 0.3) is 0 Å². The SMILES string of the molecule is CC1(C)c2ccccc2-c2cc3c4ccccc4n(-c4cccc(-c5nc(-c6ccccc6)nc(-c6ccc(C#N)cc6)n5)c4)c3cc21. The second-order valence-electron chi connectivity index (χ2n) is 12.8. The number of hydrogen-bond donors (Lipinski definition) is 0. The third-order valence-corrected chi connectivity index (χ3v) is 9.68. The molecule has 8 aromatic rings. The quantitative estimate of drug-likeness (QED) is 0.198. The number of para-hydroxylation sites is 1. The Morgan fingerprint density at radius 1 is 0.521 bits per heavy atom. The Morgan fingerprint density at radius 3 is 1.94 bits per heavy atom. The van der Waals surface area contributed by atoms with E-state index in [-0.39, 0.29) is 5.41 Å². The first-order valence-corrected chi connectivity index (χ1v) is 16.1. The minimum Gasteiger partial charge on any atom is -0.309 e. The van der Waals surface area contributed by atoms with Crippen molar-refractivity contribution in [2.75, 3.05) is 0 Å². The number of fused-ring (bicyclic) bond motifs is 6. The standard InChI is InChI=1S/C43H29N5/c1-43(2)36-17-8-6-15-32(36)34-24-35-33-16-7-9-18-38(33)48(39(35)25-37(34)43)31-14-10-13-30(23-31)42-46-40(28-11-4-3-5-12-28)45-41(47-42)29-21-19-27(26-44)20-22-29/h3-25H,1-2H3. The van der Waals surface area contributed by atoms with Gasteiger partial charge in [0.15, 0.2) is 17.5 Å². The average molecular weight is 616 g/mol. The summed E-state index contributed by atoms with van der Waals surface area (Å²) in [6, 6.07) is 50.2. The number of nitrogens with zero attached hydrogens (tertiary/aromatic N) is 5. The molecule has 48 heavy (non-hydrogen) atoms. The van der Waals surface area contributed by atoms with E-state index in [0.29, 0.717) is 23.0 Å². The second kappa shape index (κ2) is 10.6. The van der Waals surface area contributed by atoms with Gasteiger partial charge in [-0.1, -0.05) is 98.8 Å². The normalized spacial score (nSPS) is 12.9. The molecule has 0 amide bonds. The van der Waals surface area contributed by atoms with Crippen molar-refractivity contribution < 1.29 is 0 Å². The molecule has 9 rings (SSSR count). The van der Waals surface area contributed by atoms with Gasteiger partial charge in [0.05, 0.1) is 22.7 Å². The predicted molar refractivity (Wildman–Crippen MR) is 193 cm³/mol. The van der Waals surface area contributed by atoms with Gasteiger partial charge in [-0.05, 0) is 76.9 Å². The highest BCUT2D eigenvalue weighted by atomic mass is 15.0. The van der Waals surface area contributed by atoms with Crippen LogP contribution in [0.5, 0.6) is 0 Å². The largest absolute Gasteiger partial charge is 0.309 e. The highest BCUT2D eigenvalue weighted by Gasteiger charge is 2.36. The van der Waals surface area contributed by atoms with Crippen LogP contribution in [0.3, 0.4) is 0 Å². The zero-order valence-corrected chi connectivity index (χ0v) is 26.5. The van der Waals surface area contributed by atoms with E-state index in [4.69, 9.17) is 15.0 Å². The number of hydrogen-bond acceptors (Lipinski definition) is 4. The van der Waals surface area contributed by atoms with Crippen LogP contribution < -0.4 is 0 Å². The van der Waals surface area contributed by atoms with Crippen LogP contribution in [0.15, 0.2) is 140 Å². The smallest absolute Gasteiger partial charge is 0.164 e. The second-order valence-corrected chi connectivity index (χ2v) is 12.8. The summed E-state index contributed by atoms with van der Waals surface area (Å²) in [5.74, 6) is 1.74. The lowest BCUT2D eigenvalue weighted by molar-refractivity contribution is 0.661.